The highest BCUT2D eigenvalue weighted by molar-refractivity contribution is 7.99. The van der Waals surface area contributed by atoms with E-state index in [0.717, 1.165) is 16.8 Å². The van der Waals surface area contributed by atoms with Gasteiger partial charge in [0.25, 0.3) is 0 Å². The molecule has 2 aromatic heterocycles. The third-order valence-electron chi connectivity index (χ3n) is 3.83. The van der Waals surface area contributed by atoms with Gasteiger partial charge in [-0.15, -0.1) is 10.2 Å². The Hall–Kier alpha value is -2.38. The van der Waals surface area contributed by atoms with E-state index in [1.807, 2.05) is 55.7 Å². The van der Waals surface area contributed by atoms with Gasteiger partial charge in [0.2, 0.25) is 5.91 Å². The van der Waals surface area contributed by atoms with Crippen LogP contribution in [0.15, 0.2) is 47.9 Å². The van der Waals surface area contributed by atoms with Crippen molar-refractivity contribution in [3.63, 3.8) is 0 Å². The molecule has 2 heterocycles. The standard InChI is InChI=1S/C19H20ClN5OS/c1-12(2)22-17(26)11-27-19-24-23-18(14-7-9-21-10-8-14)25(19)16-6-4-5-15(20)13(16)3/h4-10,12H,11H2,1-3H3,(H,22,26). The van der Waals surface area contributed by atoms with Crippen molar-refractivity contribution in [2.24, 2.45) is 0 Å². The monoisotopic (exact) mass is 401 g/mol. The first kappa shape index (κ1) is 19.4. The number of amides is 1. The summed E-state index contributed by atoms with van der Waals surface area (Å²) < 4.78 is 1.93. The fourth-order valence-electron chi connectivity index (χ4n) is 2.60. The molecule has 0 aliphatic rings. The van der Waals surface area contributed by atoms with Crippen LogP contribution in [-0.4, -0.2) is 37.5 Å². The van der Waals surface area contributed by atoms with E-state index < -0.39 is 0 Å². The van der Waals surface area contributed by atoms with Crippen molar-refractivity contribution in [2.45, 2.75) is 32.0 Å². The van der Waals surface area contributed by atoms with E-state index in [1.165, 1.54) is 11.8 Å². The second kappa shape index (κ2) is 8.54. The minimum atomic E-state index is -0.0437. The summed E-state index contributed by atoms with van der Waals surface area (Å²) in [7, 11) is 0. The summed E-state index contributed by atoms with van der Waals surface area (Å²) in [6, 6.07) is 9.55. The zero-order valence-corrected chi connectivity index (χ0v) is 16.9. The van der Waals surface area contributed by atoms with Gasteiger partial charge in [-0.1, -0.05) is 29.4 Å². The molecule has 6 nitrogen and oxygen atoms in total. The van der Waals surface area contributed by atoms with Gasteiger partial charge >= 0.3 is 0 Å². The first-order chi connectivity index (χ1) is 13.0. The average Bonchev–Trinajstić information content (AvgIpc) is 3.06. The molecule has 0 unspecified atom stereocenters. The third kappa shape index (κ3) is 4.48. The van der Waals surface area contributed by atoms with Crippen molar-refractivity contribution >= 4 is 29.3 Å². The van der Waals surface area contributed by atoms with E-state index in [1.54, 1.807) is 12.4 Å². The smallest absolute Gasteiger partial charge is 0.230 e. The number of rotatable bonds is 6. The minimum absolute atomic E-state index is 0.0437. The highest BCUT2D eigenvalue weighted by Gasteiger charge is 2.19. The predicted molar refractivity (Wildman–Crippen MR) is 108 cm³/mol. The van der Waals surface area contributed by atoms with Gasteiger partial charge in [-0.2, -0.15) is 0 Å². The second-order valence-corrected chi connectivity index (χ2v) is 7.62. The van der Waals surface area contributed by atoms with Crippen LogP contribution in [0, 0.1) is 6.92 Å². The number of halogens is 1. The number of nitrogens with zero attached hydrogens (tertiary/aromatic N) is 4. The lowest BCUT2D eigenvalue weighted by Crippen LogP contribution is -2.31. The molecule has 1 N–H and O–H groups in total. The van der Waals surface area contributed by atoms with Gasteiger partial charge in [0, 0.05) is 29.0 Å². The van der Waals surface area contributed by atoms with E-state index in [2.05, 4.69) is 20.5 Å². The van der Waals surface area contributed by atoms with E-state index >= 15 is 0 Å². The summed E-state index contributed by atoms with van der Waals surface area (Å²) in [4.78, 5) is 16.1. The first-order valence-corrected chi connectivity index (χ1v) is 9.87. The Labute approximate surface area is 167 Å². The molecule has 0 spiro atoms. The van der Waals surface area contributed by atoms with Gasteiger partial charge in [-0.3, -0.25) is 14.3 Å². The van der Waals surface area contributed by atoms with Gasteiger partial charge in [-0.05, 0) is 50.6 Å². The van der Waals surface area contributed by atoms with Crippen LogP contribution in [0.3, 0.4) is 0 Å². The molecule has 0 aliphatic carbocycles. The Bertz CT molecular complexity index is 943. The van der Waals surface area contributed by atoms with E-state index in [-0.39, 0.29) is 17.7 Å². The molecule has 0 saturated carbocycles. The lowest BCUT2D eigenvalue weighted by Gasteiger charge is -2.14. The number of nitrogens with one attached hydrogen (secondary N) is 1. The largest absolute Gasteiger partial charge is 0.353 e. The van der Waals surface area contributed by atoms with Crippen molar-refractivity contribution in [1.82, 2.24) is 25.1 Å². The Balaban J connectivity index is 2.03. The Morgan fingerprint density at radius 3 is 2.67 bits per heavy atom. The van der Waals surface area contributed by atoms with Gasteiger partial charge < -0.3 is 5.32 Å². The average molecular weight is 402 g/mol. The molecule has 0 radical (unpaired) electrons. The summed E-state index contributed by atoms with van der Waals surface area (Å²) in [6.45, 7) is 5.82. The SMILES string of the molecule is Cc1c(Cl)cccc1-n1c(SCC(=O)NC(C)C)nnc1-c1ccncc1. The maximum absolute atomic E-state index is 12.1. The molecule has 8 heteroatoms. The molecule has 3 aromatic rings. The molecule has 27 heavy (non-hydrogen) atoms. The number of hydrogen-bond acceptors (Lipinski definition) is 5. The van der Waals surface area contributed by atoms with Gasteiger partial charge in [-0.25, -0.2) is 0 Å². The zero-order chi connectivity index (χ0) is 19.4. The maximum Gasteiger partial charge on any atom is 0.230 e. The highest BCUT2D eigenvalue weighted by atomic mass is 35.5. The molecule has 1 amide bonds. The van der Waals surface area contributed by atoms with Crippen LogP contribution in [0.2, 0.25) is 5.02 Å². The number of thioether (sulfide) groups is 1. The molecule has 0 aliphatic heterocycles. The summed E-state index contributed by atoms with van der Waals surface area (Å²) >= 11 is 7.67. The molecule has 0 bridgehead atoms. The summed E-state index contributed by atoms with van der Waals surface area (Å²) in [5.74, 6) is 0.888. The van der Waals surface area contributed by atoms with E-state index in [0.29, 0.717) is 16.0 Å². The Kier molecular flexibility index (Phi) is 6.13. The van der Waals surface area contributed by atoms with Crippen molar-refractivity contribution in [3.8, 4) is 17.1 Å². The number of pyridine rings is 1. The molecule has 1 aromatic carbocycles. The summed E-state index contributed by atoms with van der Waals surface area (Å²) in [6.07, 6.45) is 3.42. The molecular formula is C19H20ClN5OS. The third-order valence-corrected chi connectivity index (χ3v) is 5.17. The van der Waals surface area contributed by atoms with E-state index in [9.17, 15) is 4.79 Å². The zero-order valence-electron chi connectivity index (χ0n) is 15.3. The molecular weight excluding hydrogens is 382 g/mol. The number of carbonyl (C=O) groups is 1. The maximum atomic E-state index is 12.1. The topological polar surface area (TPSA) is 72.7 Å². The second-order valence-electron chi connectivity index (χ2n) is 6.27. The van der Waals surface area contributed by atoms with Crippen LogP contribution >= 0.6 is 23.4 Å². The van der Waals surface area contributed by atoms with Crippen LogP contribution in [0.25, 0.3) is 17.1 Å². The van der Waals surface area contributed by atoms with Crippen LogP contribution in [0.4, 0.5) is 0 Å². The fraction of sp³-hybridized carbons (Fsp3) is 0.263. The van der Waals surface area contributed by atoms with Crippen molar-refractivity contribution < 1.29 is 4.79 Å². The van der Waals surface area contributed by atoms with Gasteiger partial charge in [0.1, 0.15) is 0 Å². The molecule has 0 saturated heterocycles. The number of hydrogen-bond donors (Lipinski definition) is 1. The van der Waals surface area contributed by atoms with Crippen LogP contribution in [0.1, 0.15) is 19.4 Å². The van der Waals surface area contributed by atoms with Gasteiger partial charge in [0.05, 0.1) is 11.4 Å². The van der Waals surface area contributed by atoms with Crippen molar-refractivity contribution in [3.05, 3.63) is 53.3 Å². The summed E-state index contributed by atoms with van der Waals surface area (Å²) in [5.41, 5.74) is 2.68. The van der Waals surface area contributed by atoms with Crippen LogP contribution in [-0.2, 0) is 4.79 Å². The van der Waals surface area contributed by atoms with Crippen LogP contribution < -0.4 is 5.32 Å². The summed E-state index contributed by atoms with van der Waals surface area (Å²) in [5, 5.41) is 12.9. The highest BCUT2D eigenvalue weighted by Crippen LogP contribution is 2.31. The quantitative estimate of drug-likeness (QED) is 0.634. The Morgan fingerprint density at radius 1 is 1.22 bits per heavy atom. The van der Waals surface area contributed by atoms with Crippen molar-refractivity contribution in [2.75, 3.05) is 5.75 Å². The number of benzene rings is 1. The minimum Gasteiger partial charge on any atom is -0.353 e. The van der Waals surface area contributed by atoms with Gasteiger partial charge in [0.15, 0.2) is 11.0 Å². The molecule has 0 fully saturated rings. The molecule has 140 valence electrons. The van der Waals surface area contributed by atoms with Crippen molar-refractivity contribution in [1.29, 1.82) is 0 Å². The first-order valence-electron chi connectivity index (χ1n) is 8.51. The normalized spacial score (nSPS) is 11.0. The molecule has 0 atom stereocenters. The predicted octanol–water partition coefficient (Wildman–Crippen LogP) is 3.91. The molecule has 3 rings (SSSR count). The van der Waals surface area contributed by atoms with E-state index in [4.69, 9.17) is 11.6 Å². The fourth-order valence-corrected chi connectivity index (χ4v) is 3.53. The lowest BCUT2D eigenvalue weighted by molar-refractivity contribution is -0.119. The lowest BCUT2D eigenvalue weighted by atomic mass is 10.2. The Morgan fingerprint density at radius 2 is 1.96 bits per heavy atom. The van der Waals surface area contributed by atoms with Crippen LogP contribution in [0.5, 0.6) is 0 Å². The number of aromatic nitrogens is 4. The number of carbonyl (C=O) groups excluding carboxylic acids is 1.